The van der Waals surface area contributed by atoms with Gasteiger partial charge in [-0.15, -0.1) is 0 Å². The molecule has 0 saturated carbocycles. The first kappa shape index (κ1) is 14.8. The Kier molecular flexibility index (Phi) is 3.53. The van der Waals surface area contributed by atoms with Crippen molar-refractivity contribution in [1.29, 1.82) is 0 Å². The number of benzene rings is 2. The van der Waals surface area contributed by atoms with Crippen LogP contribution >= 0.6 is 0 Å². The highest BCUT2D eigenvalue weighted by Gasteiger charge is 2.34. The van der Waals surface area contributed by atoms with E-state index < -0.39 is 0 Å². The standard InChI is InChI=1S/C20H20N2O2/c1-21-10-8-14-6-7-16(13-19(14)21)20(23)22-11-9-18(22)15-4-3-5-17(12-15)24-2/h3-8,10,12-13,18H,9,11H2,1-2H3. The van der Waals surface area contributed by atoms with Gasteiger partial charge in [0, 0.05) is 30.9 Å². The summed E-state index contributed by atoms with van der Waals surface area (Å²) >= 11 is 0. The number of rotatable bonds is 3. The van der Waals surface area contributed by atoms with Crippen LogP contribution in [0.4, 0.5) is 0 Å². The molecule has 4 nitrogen and oxygen atoms in total. The second-order valence-electron chi connectivity index (χ2n) is 6.28. The van der Waals surface area contributed by atoms with Crippen LogP contribution in [0.1, 0.15) is 28.4 Å². The van der Waals surface area contributed by atoms with Gasteiger partial charge in [-0.2, -0.15) is 0 Å². The molecule has 1 unspecified atom stereocenters. The normalized spacial score (nSPS) is 16.9. The highest BCUT2D eigenvalue weighted by molar-refractivity contribution is 5.98. The van der Waals surface area contributed by atoms with E-state index in [1.54, 1.807) is 7.11 Å². The van der Waals surface area contributed by atoms with Gasteiger partial charge in [0.25, 0.3) is 5.91 Å². The van der Waals surface area contributed by atoms with Crippen molar-refractivity contribution in [2.75, 3.05) is 13.7 Å². The van der Waals surface area contributed by atoms with Crippen LogP contribution in [-0.4, -0.2) is 29.0 Å². The first-order chi connectivity index (χ1) is 11.7. The lowest BCUT2D eigenvalue weighted by Crippen LogP contribution is -2.45. The Morgan fingerprint density at radius 2 is 2.04 bits per heavy atom. The number of fused-ring (bicyclic) bond motifs is 1. The largest absolute Gasteiger partial charge is 0.497 e. The van der Waals surface area contributed by atoms with E-state index in [0.29, 0.717) is 0 Å². The van der Waals surface area contributed by atoms with Crippen molar-refractivity contribution >= 4 is 16.8 Å². The molecule has 0 aliphatic carbocycles. The molecule has 4 rings (SSSR count). The minimum absolute atomic E-state index is 0.0946. The summed E-state index contributed by atoms with van der Waals surface area (Å²) in [6.07, 6.45) is 3.01. The molecular weight excluding hydrogens is 300 g/mol. The second-order valence-corrected chi connectivity index (χ2v) is 6.28. The third kappa shape index (κ3) is 2.35. The number of aryl methyl sites for hydroxylation is 1. The van der Waals surface area contributed by atoms with Crippen molar-refractivity contribution < 1.29 is 9.53 Å². The van der Waals surface area contributed by atoms with E-state index in [4.69, 9.17) is 4.74 Å². The molecule has 3 aromatic rings. The van der Waals surface area contributed by atoms with Gasteiger partial charge in [0.2, 0.25) is 0 Å². The molecule has 1 aliphatic heterocycles. The predicted molar refractivity (Wildman–Crippen MR) is 94.3 cm³/mol. The van der Waals surface area contributed by atoms with Crippen molar-refractivity contribution in [2.45, 2.75) is 12.5 Å². The van der Waals surface area contributed by atoms with Crippen LogP contribution in [0.15, 0.2) is 54.7 Å². The van der Waals surface area contributed by atoms with E-state index in [9.17, 15) is 4.79 Å². The highest BCUT2D eigenvalue weighted by Crippen LogP contribution is 2.36. The lowest BCUT2D eigenvalue weighted by molar-refractivity contribution is 0.0460. The number of carbonyl (C=O) groups is 1. The third-order valence-corrected chi connectivity index (χ3v) is 4.89. The van der Waals surface area contributed by atoms with Crippen LogP contribution in [0.5, 0.6) is 5.75 Å². The molecule has 1 amide bonds. The molecule has 122 valence electrons. The number of aromatic nitrogens is 1. The van der Waals surface area contributed by atoms with Crippen molar-refractivity contribution in [1.82, 2.24) is 9.47 Å². The number of hydrogen-bond acceptors (Lipinski definition) is 2. The number of carbonyl (C=O) groups excluding carboxylic acids is 1. The van der Waals surface area contributed by atoms with E-state index in [-0.39, 0.29) is 11.9 Å². The van der Waals surface area contributed by atoms with Gasteiger partial charge < -0.3 is 14.2 Å². The molecule has 1 fully saturated rings. The molecule has 1 saturated heterocycles. The lowest BCUT2D eigenvalue weighted by Gasteiger charge is -2.41. The number of amides is 1. The highest BCUT2D eigenvalue weighted by atomic mass is 16.5. The summed E-state index contributed by atoms with van der Waals surface area (Å²) in [6.45, 7) is 0.798. The van der Waals surface area contributed by atoms with Crippen molar-refractivity contribution in [3.63, 3.8) is 0 Å². The average Bonchev–Trinajstić information content (AvgIpc) is 2.95. The molecule has 0 spiro atoms. The summed E-state index contributed by atoms with van der Waals surface area (Å²) in [7, 11) is 3.66. The molecule has 1 aromatic heterocycles. The number of likely N-dealkylation sites (tertiary alicyclic amines) is 1. The lowest BCUT2D eigenvalue weighted by atomic mass is 9.93. The Morgan fingerprint density at radius 3 is 2.79 bits per heavy atom. The number of ether oxygens (including phenoxy) is 1. The summed E-state index contributed by atoms with van der Waals surface area (Å²) in [4.78, 5) is 14.9. The Bertz CT molecular complexity index is 913. The van der Waals surface area contributed by atoms with Crippen LogP contribution < -0.4 is 4.74 Å². The van der Waals surface area contributed by atoms with Gasteiger partial charge in [-0.1, -0.05) is 18.2 Å². The fourth-order valence-corrected chi connectivity index (χ4v) is 3.39. The molecule has 4 heteroatoms. The molecule has 1 aliphatic rings. The van der Waals surface area contributed by atoms with Crippen molar-refractivity contribution in [3.05, 3.63) is 65.9 Å². The minimum atomic E-state index is 0.0946. The summed E-state index contributed by atoms with van der Waals surface area (Å²) in [5.74, 6) is 0.925. The summed E-state index contributed by atoms with van der Waals surface area (Å²) in [5, 5.41) is 1.15. The zero-order valence-electron chi connectivity index (χ0n) is 13.9. The molecule has 0 N–H and O–H groups in total. The topological polar surface area (TPSA) is 34.5 Å². The zero-order chi connectivity index (χ0) is 16.7. The fourth-order valence-electron chi connectivity index (χ4n) is 3.39. The summed E-state index contributed by atoms with van der Waals surface area (Å²) in [6, 6.07) is 16.1. The summed E-state index contributed by atoms with van der Waals surface area (Å²) in [5.41, 5.74) is 2.96. The number of nitrogens with zero attached hydrogens (tertiary/aromatic N) is 2. The monoisotopic (exact) mass is 320 g/mol. The molecule has 0 bridgehead atoms. The van der Waals surface area contributed by atoms with Gasteiger partial charge in [0.05, 0.1) is 13.2 Å². The van der Waals surface area contributed by atoms with Crippen LogP contribution in [0.3, 0.4) is 0 Å². The minimum Gasteiger partial charge on any atom is -0.497 e. The average molecular weight is 320 g/mol. The number of hydrogen-bond donors (Lipinski definition) is 0. The van der Waals surface area contributed by atoms with Crippen LogP contribution in [0.2, 0.25) is 0 Å². The van der Waals surface area contributed by atoms with E-state index in [2.05, 4.69) is 12.1 Å². The molecule has 24 heavy (non-hydrogen) atoms. The Balaban J connectivity index is 1.62. The first-order valence-electron chi connectivity index (χ1n) is 8.17. The molecule has 0 radical (unpaired) electrons. The van der Waals surface area contributed by atoms with E-state index >= 15 is 0 Å². The van der Waals surface area contributed by atoms with Gasteiger partial charge in [-0.05, 0) is 47.7 Å². The van der Waals surface area contributed by atoms with E-state index in [1.165, 1.54) is 0 Å². The Hall–Kier alpha value is -2.75. The maximum atomic E-state index is 12.9. The molecular formula is C20H20N2O2. The van der Waals surface area contributed by atoms with Gasteiger partial charge in [0.1, 0.15) is 5.75 Å². The maximum absolute atomic E-state index is 12.9. The van der Waals surface area contributed by atoms with Crippen LogP contribution in [0.25, 0.3) is 10.9 Å². The van der Waals surface area contributed by atoms with Crippen LogP contribution in [-0.2, 0) is 7.05 Å². The fraction of sp³-hybridized carbons (Fsp3) is 0.250. The van der Waals surface area contributed by atoms with Crippen molar-refractivity contribution in [3.8, 4) is 5.75 Å². The SMILES string of the molecule is COc1cccc(C2CCN2C(=O)c2ccc3ccn(C)c3c2)c1. The first-order valence-corrected chi connectivity index (χ1v) is 8.17. The van der Waals surface area contributed by atoms with Gasteiger partial charge in [-0.25, -0.2) is 0 Å². The molecule has 2 heterocycles. The summed E-state index contributed by atoms with van der Waals surface area (Å²) < 4.78 is 7.34. The van der Waals surface area contributed by atoms with Crippen molar-refractivity contribution in [2.24, 2.45) is 7.05 Å². The number of methoxy groups -OCH3 is 1. The van der Waals surface area contributed by atoms with Crippen LogP contribution in [0, 0.1) is 0 Å². The Morgan fingerprint density at radius 1 is 1.17 bits per heavy atom. The predicted octanol–water partition coefficient (Wildman–Crippen LogP) is 3.77. The Labute approximate surface area is 141 Å². The van der Waals surface area contributed by atoms with Gasteiger partial charge >= 0.3 is 0 Å². The van der Waals surface area contributed by atoms with Gasteiger partial charge in [-0.3, -0.25) is 4.79 Å². The maximum Gasteiger partial charge on any atom is 0.254 e. The van der Waals surface area contributed by atoms with E-state index in [1.807, 2.05) is 59.1 Å². The quantitative estimate of drug-likeness (QED) is 0.736. The smallest absolute Gasteiger partial charge is 0.254 e. The van der Waals surface area contributed by atoms with Gasteiger partial charge in [0.15, 0.2) is 0 Å². The second kappa shape index (κ2) is 5.71. The van der Waals surface area contributed by atoms with E-state index in [0.717, 1.165) is 40.7 Å². The zero-order valence-corrected chi connectivity index (χ0v) is 13.9. The molecule has 2 aromatic carbocycles. The third-order valence-electron chi connectivity index (χ3n) is 4.89. The molecule has 1 atom stereocenters.